The van der Waals surface area contributed by atoms with Gasteiger partial charge in [0.05, 0.1) is 12.8 Å². The summed E-state index contributed by atoms with van der Waals surface area (Å²) in [5.41, 5.74) is 6.47. The van der Waals surface area contributed by atoms with E-state index in [1.807, 2.05) is 18.2 Å². The molecule has 1 heterocycles. The second-order valence-electron chi connectivity index (χ2n) is 8.02. The third-order valence-electron chi connectivity index (χ3n) is 5.73. The van der Waals surface area contributed by atoms with Crippen LogP contribution >= 0.6 is 0 Å². The van der Waals surface area contributed by atoms with Crippen LogP contribution in [0.5, 0.6) is 0 Å². The molecular weight excluding hydrogens is 427 g/mol. The van der Waals surface area contributed by atoms with E-state index in [9.17, 15) is 9.18 Å². The van der Waals surface area contributed by atoms with Gasteiger partial charge in [0.25, 0.3) is 5.91 Å². The van der Waals surface area contributed by atoms with Crippen molar-refractivity contribution in [2.75, 3.05) is 11.9 Å². The first-order valence-corrected chi connectivity index (χ1v) is 11.0. The molecule has 1 aromatic heterocycles. The molecule has 0 aliphatic heterocycles. The van der Waals surface area contributed by atoms with Crippen LogP contribution in [0.15, 0.2) is 102 Å². The summed E-state index contributed by atoms with van der Waals surface area (Å²) in [6, 6.07) is 28.7. The predicted octanol–water partition coefficient (Wildman–Crippen LogP) is 5.54. The van der Waals surface area contributed by atoms with Gasteiger partial charge in [-0.2, -0.15) is 5.10 Å². The Morgan fingerprint density at radius 1 is 0.882 bits per heavy atom. The molecule has 2 N–H and O–H groups in total. The molecule has 0 spiro atoms. The SMILES string of the molecule is O=C(CNc1ccc(F)cc1)N/N=C\c1cn(Cc2cccc3ccccc23)c2ccccc12. The first kappa shape index (κ1) is 21.4. The Morgan fingerprint density at radius 3 is 2.47 bits per heavy atom. The fourth-order valence-electron chi connectivity index (χ4n) is 4.09. The fraction of sp³-hybridized carbons (Fsp3) is 0.0714. The molecule has 0 aliphatic rings. The van der Waals surface area contributed by atoms with E-state index in [1.165, 1.54) is 28.5 Å². The van der Waals surface area contributed by atoms with Crippen molar-refractivity contribution in [3.05, 3.63) is 114 Å². The number of nitrogens with zero attached hydrogens (tertiary/aromatic N) is 2. The number of hydrogen-bond donors (Lipinski definition) is 2. The summed E-state index contributed by atoms with van der Waals surface area (Å²) in [5.74, 6) is -0.612. The summed E-state index contributed by atoms with van der Waals surface area (Å²) in [4.78, 5) is 12.1. The lowest BCUT2D eigenvalue weighted by Crippen LogP contribution is -2.25. The number of benzene rings is 4. The van der Waals surface area contributed by atoms with Gasteiger partial charge in [-0.25, -0.2) is 9.82 Å². The average molecular weight is 451 g/mol. The zero-order chi connectivity index (χ0) is 23.3. The van der Waals surface area contributed by atoms with Crippen molar-refractivity contribution in [3.63, 3.8) is 0 Å². The van der Waals surface area contributed by atoms with E-state index in [1.54, 1.807) is 18.3 Å². The van der Waals surface area contributed by atoms with Crippen molar-refractivity contribution in [2.24, 2.45) is 5.10 Å². The number of amides is 1. The molecule has 0 fully saturated rings. The average Bonchev–Trinajstić information content (AvgIpc) is 3.21. The number of hydrogen-bond acceptors (Lipinski definition) is 3. The van der Waals surface area contributed by atoms with Crippen molar-refractivity contribution in [1.82, 2.24) is 9.99 Å². The highest BCUT2D eigenvalue weighted by atomic mass is 19.1. The van der Waals surface area contributed by atoms with E-state index in [4.69, 9.17) is 0 Å². The third-order valence-corrected chi connectivity index (χ3v) is 5.73. The Bertz CT molecular complexity index is 1480. The van der Waals surface area contributed by atoms with Crippen LogP contribution in [0.25, 0.3) is 21.7 Å². The molecule has 0 unspecified atom stereocenters. The normalized spacial score (nSPS) is 11.3. The highest BCUT2D eigenvalue weighted by Crippen LogP contribution is 2.24. The van der Waals surface area contributed by atoms with Crippen LogP contribution in [0, 0.1) is 5.82 Å². The van der Waals surface area contributed by atoms with Crippen molar-refractivity contribution in [2.45, 2.75) is 6.54 Å². The number of fused-ring (bicyclic) bond motifs is 2. The van der Waals surface area contributed by atoms with Gasteiger partial charge in [-0.3, -0.25) is 4.79 Å². The maximum atomic E-state index is 13.0. The molecule has 5 rings (SSSR count). The Labute approximate surface area is 196 Å². The number of nitrogens with one attached hydrogen (secondary N) is 2. The number of anilines is 1. The molecular formula is C28H23FN4O. The molecule has 0 bridgehead atoms. The number of carbonyl (C=O) groups excluding carboxylic acids is 1. The van der Waals surface area contributed by atoms with Crippen LogP contribution in [0.1, 0.15) is 11.1 Å². The molecule has 0 aliphatic carbocycles. The molecule has 34 heavy (non-hydrogen) atoms. The third kappa shape index (κ3) is 4.66. The van der Waals surface area contributed by atoms with Gasteiger partial charge in [0.15, 0.2) is 0 Å². The summed E-state index contributed by atoms with van der Waals surface area (Å²) >= 11 is 0. The van der Waals surface area contributed by atoms with Gasteiger partial charge in [-0.1, -0.05) is 60.7 Å². The number of halogens is 1. The smallest absolute Gasteiger partial charge is 0.259 e. The van der Waals surface area contributed by atoms with Crippen LogP contribution in [-0.2, 0) is 11.3 Å². The molecule has 0 radical (unpaired) electrons. The van der Waals surface area contributed by atoms with E-state index in [2.05, 4.69) is 75.1 Å². The number of hydrazone groups is 1. The van der Waals surface area contributed by atoms with Crippen LogP contribution < -0.4 is 10.7 Å². The highest BCUT2D eigenvalue weighted by molar-refractivity contribution is 6.00. The summed E-state index contributed by atoms with van der Waals surface area (Å²) < 4.78 is 15.2. The van der Waals surface area contributed by atoms with Crippen molar-refractivity contribution >= 4 is 39.5 Å². The Kier molecular flexibility index (Phi) is 6.03. The second kappa shape index (κ2) is 9.58. The van der Waals surface area contributed by atoms with Crippen LogP contribution in [0.2, 0.25) is 0 Å². The summed E-state index contributed by atoms with van der Waals surface area (Å²) in [6.45, 7) is 0.759. The van der Waals surface area contributed by atoms with Crippen molar-refractivity contribution in [3.8, 4) is 0 Å². The zero-order valence-electron chi connectivity index (χ0n) is 18.4. The molecule has 168 valence electrons. The first-order valence-electron chi connectivity index (χ1n) is 11.0. The van der Waals surface area contributed by atoms with E-state index >= 15 is 0 Å². The van der Waals surface area contributed by atoms with Crippen molar-refractivity contribution in [1.29, 1.82) is 0 Å². The molecule has 4 aromatic carbocycles. The lowest BCUT2D eigenvalue weighted by Gasteiger charge is -2.09. The number of carbonyl (C=O) groups is 1. The Morgan fingerprint density at radius 2 is 1.62 bits per heavy atom. The quantitative estimate of drug-likeness (QED) is 0.253. The molecule has 5 aromatic rings. The monoisotopic (exact) mass is 450 g/mol. The van der Waals surface area contributed by atoms with Crippen LogP contribution in [-0.4, -0.2) is 23.2 Å². The molecule has 1 amide bonds. The summed E-state index contributed by atoms with van der Waals surface area (Å²) in [6.07, 6.45) is 3.72. The standard InChI is InChI=1S/C28H23FN4O/c29-23-12-14-24(15-13-23)30-17-28(34)32-31-16-22-19-33(27-11-4-3-10-26(22)27)18-21-8-5-7-20-6-1-2-9-25(20)21/h1-16,19,30H,17-18H2,(H,32,34)/b31-16-. The molecule has 6 heteroatoms. The first-order chi connectivity index (χ1) is 16.7. The van der Waals surface area contributed by atoms with E-state index < -0.39 is 0 Å². The predicted molar refractivity (Wildman–Crippen MR) is 136 cm³/mol. The summed E-state index contributed by atoms with van der Waals surface area (Å²) in [7, 11) is 0. The largest absolute Gasteiger partial charge is 0.376 e. The van der Waals surface area contributed by atoms with E-state index in [0.717, 1.165) is 23.0 Å². The van der Waals surface area contributed by atoms with Crippen molar-refractivity contribution < 1.29 is 9.18 Å². The van der Waals surface area contributed by atoms with Crippen LogP contribution in [0.3, 0.4) is 0 Å². The molecule has 0 saturated heterocycles. The Balaban J connectivity index is 1.31. The van der Waals surface area contributed by atoms with Gasteiger partial charge < -0.3 is 9.88 Å². The van der Waals surface area contributed by atoms with Gasteiger partial charge in [0, 0.05) is 34.9 Å². The number of aromatic nitrogens is 1. The summed E-state index contributed by atoms with van der Waals surface area (Å²) in [5, 5.41) is 10.6. The van der Waals surface area contributed by atoms with Crippen LogP contribution in [0.4, 0.5) is 10.1 Å². The van der Waals surface area contributed by atoms with Gasteiger partial charge in [-0.15, -0.1) is 0 Å². The molecule has 0 saturated carbocycles. The van der Waals surface area contributed by atoms with Gasteiger partial charge in [-0.05, 0) is 46.7 Å². The zero-order valence-corrected chi connectivity index (χ0v) is 18.4. The Hall–Kier alpha value is -4.45. The van der Waals surface area contributed by atoms with Gasteiger partial charge in [0.1, 0.15) is 5.82 Å². The van der Waals surface area contributed by atoms with E-state index in [0.29, 0.717) is 5.69 Å². The lowest BCUT2D eigenvalue weighted by molar-refractivity contribution is -0.119. The maximum absolute atomic E-state index is 13.0. The van der Waals surface area contributed by atoms with Gasteiger partial charge in [0.2, 0.25) is 0 Å². The fourth-order valence-corrected chi connectivity index (χ4v) is 4.09. The number of rotatable bonds is 7. The van der Waals surface area contributed by atoms with E-state index in [-0.39, 0.29) is 18.3 Å². The molecule has 5 nitrogen and oxygen atoms in total. The minimum absolute atomic E-state index is 0.0335. The number of para-hydroxylation sites is 1. The maximum Gasteiger partial charge on any atom is 0.259 e. The second-order valence-corrected chi connectivity index (χ2v) is 8.02. The minimum atomic E-state index is -0.320. The lowest BCUT2D eigenvalue weighted by atomic mass is 10.0. The topological polar surface area (TPSA) is 58.4 Å². The van der Waals surface area contributed by atoms with Gasteiger partial charge >= 0.3 is 0 Å². The minimum Gasteiger partial charge on any atom is -0.376 e. The highest BCUT2D eigenvalue weighted by Gasteiger charge is 2.09. The molecule has 0 atom stereocenters.